The van der Waals surface area contributed by atoms with Gasteiger partial charge in [-0.1, -0.05) is 37.3 Å². The van der Waals surface area contributed by atoms with Gasteiger partial charge in [0.2, 0.25) is 0 Å². The van der Waals surface area contributed by atoms with Crippen LogP contribution in [0.25, 0.3) is 0 Å². The molecule has 0 saturated carbocycles. The van der Waals surface area contributed by atoms with Crippen molar-refractivity contribution in [3.8, 4) is 0 Å². The molecule has 0 heterocycles. The Hall–Kier alpha value is -0.940. The molecule has 4 nitrogen and oxygen atoms in total. The van der Waals surface area contributed by atoms with Crippen LogP contribution in [0.3, 0.4) is 0 Å². The van der Waals surface area contributed by atoms with Gasteiger partial charge in [0.15, 0.2) is 0 Å². The van der Waals surface area contributed by atoms with E-state index in [1.165, 1.54) is 5.56 Å². The fourth-order valence-electron chi connectivity index (χ4n) is 2.34. The molecule has 120 valence electrons. The molecule has 0 aliphatic carbocycles. The van der Waals surface area contributed by atoms with Crippen LogP contribution in [-0.2, 0) is 14.2 Å². The van der Waals surface area contributed by atoms with Gasteiger partial charge in [0.25, 0.3) is 0 Å². The van der Waals surface area contributed by atoms with E-state index in [1.807, 2.05) is 13.1 Å². The minimum absolute atomic E-state index is 0.153. The zero-order valence-electron chi connectivity index (χ0n) is 13.5. The number of hydrogen-bond donors (Lipinski definition) is 1. The van der Waals surface area contributed by atoms with Gasteiger partial charge in [-0.15, -0.1) is 0 Å². The number of methoxy groups -OCH3 is 1. The highest BCUT2D eigenvalue weighted by Gasteiger charge is 2.20. The monoisotopic (exact) mass is 295 g/mol. The Labute approximate surface area is 128 Å². The average molecular weight is 295 g/mol. The van der Waals surface area contributed by atoms with Gasteiger partial charge in [0.05, 0.1) is 25.4 Å². The van der Waals surface area contributed by atoms with Crippen LogP contribution < -0.4 is 5.32 Å². The van der Waals surface area contributed by atoms with E-state index in [4.69, 9.17) is 14.2 Å². The molecule has 0 aromatic heterocycles. The number of hydrogen-bond acceptors (Lipinski definition) is 4. The molecule has 1 rings (SSSR count). The molecular weight excluding hydrogens is 266 g/mol. The summed E-state index contributed by atoms with van der Waals surface area (Å²) in [7, 11) is 3.68. The largest absolute Gasteiger partial charge is 0.385 e. The van der Waals surface area contributed by atoms with Crippen LogP contribution in [0.1, 0.15) is 31.4 Å². The second kappa shape index (κ2) is 11.7. The molecule has 0 bridgehead atoms. The predicted octanol–water partition coefficient (Wildman–Crippen LogP) is 2.80. The lowest BCUT2D eigenvalue weighted by Gasteiger charge is -2.26. The van der Waals surface area contributed by atoms with E-state index in [0.717, 1.165) is 26.1 Å². The van der Waals surface area contributed by atoms with E-state index in [9.17, 15) is 0 Å². The van der Waals surface area contributed by atoms with Crippen LogP contribution in [0.4, 0.5) is 0 Å². The highest BCUT2D eigenvalue weighted by molar-refractivity contribution is 5.20. The van der Waals surface area contributed by atoms with Crippen molar-refractivity contribution in [3.63, 3.8) is 0 Å². The Morgan fingerprint density at radius 3 is 2.43 bits per heavy atom. The van der Waals surface area contributed by atoms with E-state index in [0.29, 0.717) is 13.2 Å². The first-order valence-corrected chi connectivity index (χ1v) is 7.74. The molecule has 0 amide bonds. The summed E-state index contributed by atoms with van der Waals surface area (Å²) >= 11 is 0. The van der Waals surface area contributed by atoms with Crippen molar-refractivity contribution in [2.75, 3.05) is 40.6 Å². The number of rotatable bonds is 12. The molecule has 0 spiro atoms. The topological polar surface area (TPSA) is 39.7 Å². The van der Waals surface area contributed by atoms with Gasteiger partial charge in [-0.3, -0.25) is 0 Å². The van der Waals surface area contributed by atoms with Gasteiger partial charge in [0, 0.05) is 20.3 Å². The molecule has 4 heteroatoms. The molecule has 2 unspecified atom stereocenters. The maximum absolute atomic E-state index is 5.99. The third kappa shape index (κ3) is 7.05. The highest BCUT2D eigenvalue weighted by Crippen LogP contribution is 2.21. The second-order valence-corrected chi connectivity index (χ2v) is 4.95. The Bertz CT molecular complexity index is 345. The van der Waals surface area contributed by atoms with Crippen LogP contribution in [-0.4, -0.2) is 46.7 Å². The first kappa shape index (κ1) is 18.1. The minimum atomic E-state index is 0.153. The number of benzene rings is 1. The summed E-state index contributed by atoms with van der Waals surface area (Å²) < 4.78 is 16.5. The maximum Gasteiger partial charge on any atom is 0.0768 e. The summed E-state index contributed by atoms with van der Waals surface area (Å²) in [5.74, 6) is 0. The fraction of sp³-hybridized carbons (Fsp3) is 0.647. The summed E-state index contributed by atoms with van der Waals surface area (Å²) in [4.78, 5) is 0. The maximum atomic E-state index is 5.99. The highest BCUT2D eigenvalue weighted by atomic mass is 16.5. The van der Waals surface area contributed by atoms with Crippen LogP contribution in [0.5, 0.6) is 0 Å². The second-order valence-electron chi connectivity index (χ2n) is 4.95. The lowest BCUT2D eigenvalue weighted by atomic mass is 10.00. The SMILES string of the molecule is CCC(OCCOCCCOC)C(NC)c1ccccc1. The van der Waals surface area contributed by atoms with Gasteiger partial charge in [0.1, 0.15) is 0 Å². The Morgan fingerprint density at radius 2 is 1.81 bits per heavy atom. The van der Waals surface area contributed by atoms with Crippen molar-refractivity contribution in [2.45, 2.75) is 31.9 Å². The summed E-state index contributed by atoms with van der Waals surface area (Å²) in [6.45, 7) is 4.87. The van der Waals surface area contributed by atoms with Crippen molar-refractivity contribution >= 4 is 0 Å². The average Bonchev–Trinajstić information content (AvgIpc) is 2.54. The molecule has 2 atom stereocenters. The van der Waals surface area contributed by atoms with Gasteiger partial charge >= 0.3 is 0 Å². The van der Waals surface area contributed by atoms with Crippen LogP contribution in [0.15, 0.2) is 30.3 Å². The molecule has 0 aliphatic heterocycles. The first-order valence-electron chi connectivity index (χ1n) is 7.74. The van der Waals surface area contributed by atoms with Gasteiger partial charge in [-0.2, -0.15) is 0 Å². The summed E-state index contributed by atoms with van der Waals surface area (Å²) in [5, 5.41) is 3.36. The summed E-state index contributed by atoms with van der Waals surface area (Å²) in [5.41, 5.74) is 1.26. The number of nitrogens with one attached hydrogen (secondary N) is 1. The predicted molar refractivity (Wildman–Crippen MR) is 85.6 cm³/mol. The summed E-state index contributed by atoms with van der Waals surface area (Å²) in [6.07, 6.45) is 2.04. The first-order chi connectivity index (χ1) is 10.3. The molecule has 0 radical (unpaired) electrons. The molecule has 21 heavy (non-hydrogen) atoms. The normalized spacial score (nSPS) is 14.0. The van der Waals surface area contributed by atoms with E-state index in [1.54, 1.807) is 7.11 Å². The third-order valence-corrected chi connectivity index (χ3v) is 3.44. The standard InChI is InChI=1S/C17H29NO3/c1-4-16(21-14-13-20-12-8-11-19-3)17(18-2)15-9-6-5-7-10-15/h5-7,9-10,16-18H,4,8,11-14H2,1-3H3. The Morgan fingerprint density at radius 1 is 1.05 bits per heavy atom. The zero-order chi connectivity index (χ0) is 15.3. The lowest BCUT2D eigenvalue weighted by molar-refractivity contribution is -0.0149. The Balaban J connectivity index is 2.32. The lowest BCUT2D eigenvalue weighted by Crippen LogP contribution is -2.32. The third-order valence-electron chi connectivity index (χ3n) is 3.44. The van der Waals surface area contributed by atoms with Crippen molar-refractivity contribution in [2.24, 2.45) is 0 Å². The number of ether oxygens (including phenoxy) is 3. The molecule has 0 fully saturated rings. The molecule has 1 aromatic carbocycles. The molecule has 1 N–H and O–H groups in total. The van der Waals surface area contributed by atoms with Crippen molar-refractivity contribution < 1.29 is 14.2 Å². The van der Waals surface area contributed by atoms with Crippen LogP contribution in [0.2, 0.25) is 0 Å². The number of likely N-dealkylation sites (N-methyl/N-ethyl adjacent to an activating group) is 1. The Kier molecular flexibility index (Phi) is 10.1. The molecule has 0 aliphatic rings. The van der Waals surface area contributed by atoms with Crippen LogP contribution in [0, 0.1) is 0 Å². The van der Waals surface area contributed by atoms with Gasteiger partial charge in [-0.25, -0.2) is 0 Å². The summed E-state index contributed by atoms with van der Waals surface area (Å²) in [6, 6.07) is 10.6. The van der Waals surface area contributed by atoms with E-state index >= 15 is 0 Å². The van der Waals surface area contributed by atoms with Crippen molar-refractivity contribution in [1.29, 1.82) is 0 Å². The van der Waals surface area contributed by atoms with Crippen molar-refractivity contribution in [1.82, 2.24) is 5.32 Å². The van der Waals surface area contributed by atoms with E-state index < -0.39 is 0 Å². The molecule has 1 aromatic rings. The minimum Gasteiger partial charge on any atom is -0.385 e. The van der Waals surface area contributed by atoms with E-state index in [2.05, 4.69) is 36.5 Å². The van der Waals surface area contributed by atoms with Crippen molar-refractivity contribution in [3.05, 3.63) is 35.9 Å². The van der Waals surface area contributed by atoms with Gasteiger partial charge < -0.3 is 19.5 Å². The smallest absolute Gasteiger partial charge is 0.0768 e. The van der Waals surface area contributed by atoms with E-state index in [-0.39, 0.29) is 12.1 Å². The molecule has 0 saturated heterocycles. The van der Waals surface area contributed by atoms with Crippen LogP contribution >= 0.6 is 0 Å². The zero-order valence-corrected chi connectivity index (χ0v) is 13.5. The molecular formula is C17H29NO3. The quantitative estimate of drug-likeness (QED) is 0.602. The fourth-order valence-corrected chi connectivity index (χ4v) is 2.34. The van der Waals surface area contributed by atoms with Gasteiger partial charge in [-0.05, 0) is 25.5 Å².